The van der Waals surface area contributed by atoms with Gasteiger partial charge in [-0.05, 0) is 67.8 Å². The molecule has 0 radical (unpaired) electrons. The molecule has 1 N–H and O–H groups in total. The van der Waals surface area contributed by atoms with E-state index in [1.165, 1.54) is 0 Å². The van der Waals surface area contributed by atoms with Gasteiger partial charge < -0.3 is 5.32 Å². The second kappa shape index (κ2) is 7.43. The minimum absolute atomic E-state index is 0.0910. The van der Waals surface area contributed by atoms with Gasteiger partial charge in [-0.15, -0.1) is 11.6 Å². The summed E-state index contributed by atoms with van der Waals surface area (Å²) in [4.78, 5) is 12.2. The van der Waals surface area contributed by atoms with Gasteiger partial charge in [-0.25, -0.2) is 0 Å². The van der Waals surface area contributed by atoms with Crippen LogP contribution in [0.2, 0.25) is 0 Å². The Hall–Kier alpha value is -0.590. The highest BCUT2D eigenvalue weighted by atomic mass is 127. The smallest absolute Gasteiger partial charge is 0.252 e. The molecule has 1 amide bonds. The van der Waals surface area contributed by atoms with Crippen molar-refractivity contribution >= 4 is 56.0 Å². The number of alkyl halides is 1. The van der Waals surface area contributed by atoms with E-state index in [0.717, 1.165) is 19.2 Å². The maximum atomic E-state index is 12.2. The van der Waals surface area contributed by atoms with Crippen LogP contribution in [0.4, 0.5) is 0 Å². The Kier molecular flexibility index (Phi) is 5.86. The summed E-state index contributed by atoms with van der Waals surface area (Å²) in [6.07, 6.45) is 0. The molecule has 0 aliphatic heterocycles. The summed E-state index contributed by atoms with van der Waals surface area (Å²) >= 11 is 11.4. The molecular formula is C15H12BrClINO. The zero-order valence-electron chi connectivity index (χ0n) is 10.5. The molecule has 0 atom stereocenters. The summed E-state index contributed by atoms with van der Waals surface area (Å²) in [7, 11) is 0. The fourth-order valence-corrected chi connectivity index (χ4v) is 2.86. The first-order valence-electron chi connectivity index (χ1n) is 5.97. The highest BCUT2D eigenvalue weighted by molar-refractivity contribution is 14.1. The lowest BCUT2D eigenvalue weighted by atomic mass is 10.1. The van der Waals surface area contributed by atoms with E-state index in [-0.39, 0.29) is 5.91 Å². The number of rotatable bonds is 4. The molecule has 0 fully saturated rings. The molecule has 2 aromatic carbocycles. The lowest BCUT2D eigenvalue weighted by molar-refractivity contribution is 0.0950. The lowest BCUT2D eigenvalue weighted by Crippen LogP contribution is -2.23. The number of carbonyl (C=O) groups excluding carboxylic acids is 1. The summed E-state index contributed by atoms with van der Waals surface area (Å²) < 4.78 is 1.82. The van der Waals surface area contributed by atoms with Crippen molar-refractivity contribution < 1.29 is 4.79 Å². The average molecular weight is 465 g/mol. The fraction of sp³-hybridized carbons (Fsp3) is 0.133. The summed E-state index contributed by atoms with van der Waals surface area (Å²) in [6, 6.07) is 13.6. The van der Waals surface area contributed by atoms with Crippen LogP contribution in [0.15, 0.2) is 46.9 Å². The van der Waals surface area contributed by atoms with Gasteiger partial charge >= 0.3 is 0 Å². The predicted octanol–water partition coefficient (Wildman–Crippen LogP) is 4.72. The van der Waals surface area contributed by atoms with Crippen LogP contribution in [0.3, 0.4) is 0 Å². The largest absolute Gasteiger partial charge is 0.348 e. The minimum atomic E-state index is -0.0910. The third-order valence-corrected chi connectivity index (χ3v) is 4.44. The molecule has 0 heterocycles. The average Bonchev–Trinajstić information content (AvgIpc) is 2.47. The lowest BCUT2D eigenvalue weighted by Gasteiger charge is -2.08. The molecule has 0 bridgehead atoms. The van der Waals surface area contributed by atoms with Crippen LogP contribution in [-0.2, 0) is 12.4 Å². The number of carbonyl (C=O) groups is 1. The van der Waals surface area contributed by atoms with Crippen LogP contribution >= 0.6 is 50.1 Å². The van der Waals surface area contributed by atoms with Crippen molar-refractivity contribution in [2.75, 3.05) is 0 Å². The third kappa shape index (κ3) is 4.20. The zero-order valence-corrected chi connectivity index (χ0v) is 15.0. The van der Waals surface area contributed by atoms with Crippen molar-refractivity contribution in [3.05, 3.63) is 67.2 Å². The Morgan fingerprint density at radius 1 is 1.20 bits per heavy atom. The van der Waals surface area contributed by atoms with Gasteiger partial charge in [0.1, 0.15) is 0 Å². The highest BCUT2D eigenvalue weighted by Crippen LogP contribution is 2.19. The minimum Gasteiger partial charge on any atom is -0.348 e. The second-order valence-electron chi connectivity index (χ2n) is 4.26. The van der Waals surface area contributed by atoms with Gasteiger partial charge in [0.05, 0.1) is 5.56 Å². The standard InChI is InChI=1S/C15H12BrClINO/c16-14-5-4-12(18)7-13(14)15(20)19-9-11-3-1-2-10(6-11)8-17/h1-7H,8-9H2,(H,19,20). The summed E-state index contributed by atoms with van der Waals surface area (Å²) in [6.45, 7) is 0.488. The van der Waals surface area contributed by atoms with E-state index in [0.29, 0.717) is 18.0 Å². The molecule has 0 saturated carbocycles. The van der Waals surface area contributed by atoms with Crippen LogP contribution < -0.4 is 5.32 Å². The number of halogens is 3. The number of amides is 1. The van der Waals surface area contributed by atoms with Crippen LogP contribution in [0.5, 0.6) is 0 Å². The molecule has 0 aliphatic rings. The topological polar surface area (TPSA) is 29.1 Å². The SMILES string of the molecule is O=C(NCc1cccc(CCl)c1)c1cc(I)ccc1Br. The van der Waals surface area contributed by atoms with Crippen LogP contribution in [-0.4, -0.2) is 5.91 Å². The normalized spacial score (nSPS) is 10.3. The number of nitrogens with one attached hydrogen (secondary N) is 1. The van der Waals surface area contributed by atoms with Crippen molar-refractivity contribution in [3.8, 4) is 0 Å². The van der Waals surface area contributed by atoms with Gasteiger partial charge in [0.2, 0.25) is 0 Å². The second-order valence-corrected chi connectivity index (χ2v) is 6.63. The monoisotopic (exact) mass is 463 g/mol. The van der Waals surface area contributed by atoms with Crippen LogP contribution in [0.1, 0.15) is 21.5 Å². The molecule has 0 unspecified atom stereocenters. The number of benzene rings is 2. The maximum Gasteiger partial charge on any atom is 0.252 e. The molecule has 2 aromatic rings. The Balaban J connectivity index is 2.06. The maximum absolute atomic E-state index is 12.2. The van der Waals surface area contributed by atoms with E-state index in [9.17, 15) is 4.79 Å². The quantitative estimate of drug-likeness (QED) is 0.515. The van der Waals surface area contributed by atoms with E-state index >= 15 is 0 Å². The first kappa shape index (κ1) is 15.8. The van der Waals surface area contributed by atoms with E-state index in [1.54, 1.807) is 0 Å². The van der Waals surface area contributed by atoms with Crippen molar-refractivity contribution in [3.63, 3.8) is 0 Å². The summed E-state index contributed by atoms with van der Waals surface area (Å²) in [5.41, 5.74) is 2.73. The number of hydrogen-bond donors (Lipinski definition) is 1. The van der Waals surface area contributed by atoms with E-state index < -0.39 is 0 Å². The van der Waals surface area contributed by atoms with E-state index in [2.05, 4.69) is 43.8 Å². The summed E-state index contributed by atoms with van der Waals surface area (Å²) in [5.74, 6) is 0.385. The van der Waals surface area contributed by atoms with Crippen molar-refractivity contribution in [2.45, 2.75) is 12.4 Å². The Morgan fingerprint density at radius 2 is 1.95 bits per heavy atom. The van der Waals surface area contributed by atoms with Gasteiger partial charge in [0.15, 0.2) is 0 Å². The van der Waals surface area contributed by atoms with Gasteiger partial charge in [0.25, 0.3) is 5.91 Å². The molecule has 20 heavy (non-hydrogen) atoms. The Morgan fingerprint density at radius 3 is 2.70 bits per heavy atom. The first-order valence-corrected chi connectivity index (χ1v) is 8.38. The van der Waals surface area contributed by atoms with Crippen LogP contribution in [0, 0.1) is 3.57 Å². The Bertz CT molecular complexity index is 633. The van der Waals surface area contributed by atoms with Gasteiger partial charge in [0, 0.05) is 20.5 Å². The zero-order chi connectivity index (χ0) is 14.5. The first-order chi connectivity index (χ1) is 9.60. The van der Waals surface area contributed by atoms with Crippen molar-refractivity contribution in [2.24, 2.45) is 0 Å². The highest BCUT2D eigenvalue weighted by Gasteiger charge is 2.10. The van der Waals surface area contributed by atoms with Crippen molar-refractivity contribution in [1.29, 1.82) is 0 Å². The molecule has 0 aliphatic carbocycles. The van der Waals surface area contributed by atoms with Crippen LogP contribution in [0.25, 0.3) is 0 Å². The molecule has 0 aromatic heterocycles. The van der Waals surface area contributed by atoms with Gasteiger partial charge in [-0.3, -0.25) is 4.79 Å². The molecule has 5 heteroatoms. The third-order valence-electron chi connectivity index (χ3n) is 2.77. The van der Waals surface area contributed by atoms with E-state index in [1.807, 2.05) is 42.5 Å². The van der Waals surface area contributed by atoms with E-state index in [4.69, 9.17) is 11.6 Å². The summed E-state index contributed by atoms with van der Waals surface area (Å²) in [5, 5.41) is 2.92. The molecule has 0 saturated heterocycles. The van der Waals surface area contributed by atoms with Gasteiger partial charge in [-0.1, -0.05) is 24.3 Å². The Labute approximate surface area is 145 Å². The fourth-order valence-electron chi connectivity index (χ4n) is 1.77. The van der Waals surface area contributed by atoms with Crippen molar-refractivity contribution in [1.82, 2.24) is 5.32 Å². The molecular weight excluding hydrogens is 452 g/mol. The molecule has 2 rings (SSSR count). The molecule has 2 nitrogen and oxygen atoms in total. The molecule has 0 spiro atoms. The molecule has 104 valence electrons. The van der Waals surface area contributed by atoms with Gasteiger partial charge in [-0.2, -0.15) is 0 Å². The number of hydrogen-bond acceptors (Lipinski definition) is 1. The predicted molar refractivity (Wildman–Crippen MR) is 94.0 cm³/mol.